The molecule has 1 aromatic heterocycles. The molecular formula is C16H21N3O3S. The van der Waals surface area contributed by atoms with Gasteiger partial charge in [0.05, 0.1) is 24.1 Å². The van der Waals surface area contributed by atoms with Crippen LogP contribution < -0.4 is 0 Å². The van der Waals surface area contributed by atoms with Gasteiger partial charge in [-0.2, -0.15) is 9.40 Å². The molecule has 0 radical (unpaired) electrons. The molecule has 1 saturated heterocycles. The van der Waals surface area contributed by atoms with E-state index in [1.807, 2.05) is 30.3 Å². The highest BCUT2D eigenvalue weighted by Crippen LogP contribution is 2.24. The Hall–Kier alpha value is -1.70. The van der Waals surface area contributed by atoms with Crippen LogP contribution in [0.15, 0.2) is 35.2 Å². The summed E-state index contributed by atoms with van der Waals surface area (Å²) >= 11 is 0. The van der Waals surface area contributed by atoms with Gasteiger partial charge in [0, 0.05) is 13.1 Å². The minimum Gasteiger partial charge on any atom is -0.375 e. The van der Waals surface area contributed by atoms with Gasteiger partial charge in [-0.25, -0.2) is 8.42 Å². The lowest BCUT2D eigenvalue weighted by Gasteiger charge is -2.32. The maximum atomic E-state index is 12.9. The molecule has 1 aromatic carbocycles. The number of aromatic nitrogens is 2. The molecule has 0 saturated carbocycles. The van der Waals surface area contributed by atoms with Crippen molar-refractivity contribution in [3.8, 4) is 0 Å². The van der Waals surface area contributed by atoms with Gasteiger partial charge in [-0.05, 0) is 25.8 Å². The smallest absolute Gasteiger partial charge is 0.246 e. The van der Waals surface area contributed by atoms with E-state index in [0.29, 0.717) is 37.5 Å². The van der Waals surface area contributed by atoms with Gasteiger partial charge in [-0.1, -0.05) is 30.3 Å². The Labute approximate surface area is 136 Å². The van der Waals surface area contributed by atoms with E-state index in [4.69, 9.17) is 4.74 Å². The van der Waals surface area contributed by atoms with Crippen molar-refractivity contribution in [3.63, 3.8) is 0 Å². The molecule has 7 heteroatoms. The summed E-state index contributed by atoms with van der Waals surface area (Å²) in [4.78, 5) is 0.290. The third-order valence-corrected chi connectivity index (χ3v) is 6.20. The van der Waals surface area contributed by atoms with Gasteiger partial charge in [0.2, 0.25) is 10.0 Å². The molecule has 23 heavy (non-hydrogen) atoms. The minimum atomic E-state index is -3.55. The monoisotopic (exact) mass is 335 g/mol. The predicted molar refractivity (Wildman–Crippen MR) is 86.7 cm³/mol. The Kier molecular flexibility index (Phi) is 4.52. The van der Waals surface area contributed by atoms with Gasteiger partial charge in [0.25, 0.3) is 0 Å². The van der Waals surface area contributed by atoms with Crippen molar-refractivity contribution < 1.29 is 13.2 Å². The molecule has 0 spiro atoms. The first-order valence-corrected chi connectivity index (χ1v) is 9.09. The summed E-state index contributed by atoms with van der Waals surface area (Å²) in [5.74, 6) is 0. The molecule has 2 heterocycles. The van der Waals surface area contributed by atoms with Crippen LogP contribution in [0.1, 0.15) is 17.0 Å². The lowest BCUT2D eigenvalue weighted by molar-refractivity contribution is -0.000515. The van der Waals surface area contributed by atoms with Crippen LogP contribution in [-0.4, -0.2) is 48.7 Å². The second kappa shape index (κ2) is 6.43. The molecule has 1 aliphatic rings. The van der Waals surface area contributed by atoms with Crippen molar-refractivity contribution in [2.75, 3.05) is 19.7 Å². The van der Waals surface area contributed by atoms with Gasteiger partial charge in [-0.3, -0.25) is 5.10 Å². The molecule has 3 rings (SSSR count). The molecule has 1 N–H and O–H groups in total. The van der Waals surface area contributed by atoms with Crippen molar-refractivity contribution in [1.29, 1.82) is 0 Å². The average molecular weight is 335 g/mol. The fourth-order valence-electron chi connectivity index (χ4n) is 2.96. The van der Waals surface area contributed by atoms with Gasteiger partial charge >= 0.3 is 0 Å². The third kappa shape index (κ3) is 3.31. The molecule has 0 aliphatic carbocycles. The standard InChI is InChI=1S/C16H21N3O3S/c1-12-16(13(2)18-17-12)23(20,21)19-8-9-22-15(11-19)10-14-6-4-3-5-7-14/h3-7,15H,8-11H2,1-2H3,(H,17,18). The number of nitrogens with zero attached hydrogens (tertiary/aromatic N) is 2. The first-order valence-electron chi connectivity index (χ1n) is 7.65. The molecule has 6 nitrogen and oxygen atoms in total. The Morgan fingerprint density at radius 1 is 1.30 bits per heavy atom. The molecular weight excluding hydrogens is 314 g/mol. The molecule has 2 aromatic rings. The number of ether oxygens (including phenoxy) is 1. The fraction of sp³-hybridized carbons (Fsp3) is 0.438. The van der Waals surface area contributed by atoms with Crippen molar-refractivity contribution in [2.24, 2.45) is 0 Å². The summed E-state index contributed by atoms with van der Waals surface area (Å²) in [5.41, 5.74) is 2.23. The summed E-state index contributed by atoms with van der Waals surface area (Å²) in [7, 11) is -3.55. The topological polar surface area (TPSA) is 75.3 Å². The van der Waals surface area contributed by atoms with E-state index in [0.717, 1.165) is 5.56 Å². The first-order chi connectivity index (χ1) is 11.0. The van der Waals surface area contributed by atoms with Gasteiger partial charge in [0.15, 0.2) is 0 Å². The molecule has 0 bridgehead atoms. The molecule has 1 fully saturated rings. The number of rotatable bonds is 4. The molecule has 1 unspecified atom stereocenters. The Bertz CT molecular complexity index is 752. The summed E-state index contributed by atoms with van der Waals surface area (Å²) in [6.45, 7) is 4.58. The number of hydrogen-bond donors (Lipinski definition) is 1. The second-order valence-electron chi connectivity index (χ2n) is 5.81. The normalized spacial score (nSPS) is 19.8. The van der Waals surface area contributed by atoms with Crippen LogP contribution in [0.5, 0.6) is 0 Å². The molecule has 124 valence electrons. The number of benzene rings is 1. The van der Waals surface area contributed by atoms with Crippen molar-refractivity contribution >= 4 is 10.0 Å². The van der Waals surface area contributed by atoms with Crippen LogP contribution in [0, 0.1) is 13.8 Å². The second-order valence-corrected chi connectivity index (χ2v) is 7.68. The van der Waals surface area contributed by atoms with E-state index in [9.17, 15) is 8.42 Å². The number of sulfonamides is 1. The fourth-order valence-corrected chi connectivity index (χ4v) is 4.75. The number of H-pyrrole nitrogens is 1. The zero-order valence-corrected chi connectivity index (χ0v) is 14.1. The van der Waals surface area contributed by atoms with Crippen molar-refractivity contribution in [3.05, 3.63) is 47.3 Å². The predicted octanol–water partition coefficient (Wildman–Crippen LogP) is 1.66. The molecule has 1 atom stereocenters. The number of morpholine rings is 1. The Balaban J connectivity index is 1.78. The number of aromatic amines is 1. The third-order valence-electron chi connectivity index (χ3n) is 4.07. The van der Waals surface area contributed by atoms with Crippen LogP contribution >= 0.6 is 0 Å². The van der Waals surface area contributed by atoms with E-state index in [2.05, 4.69) is 10.2 Å². The van der Waals surface area contributed by atoms with Crippen LogP contribution in [0.25, 0.3) is 0 Å². The lowest BCUT2D eigenvalue weighted by atomic mass is 10.1. The Morgan fingerprint density at radius 2 is 2.04 bits per heavy atom. The number of aryl methyl sites for hydroxylation is 2. The highest BCUT2D eigenvalue weighted by molar-refractivity contribution is 7.89. The zero-order valence-electron chi connectivity index (χ0n) is 13.3. The van der Waals surface area contributed by atoms with E-state index < -0.39 is 10.0 Å². The zero-order chi connectivity index (χ0) is 16.4. The van der Waals surface area contributed by atoms with E-state index in [1.165, 1.54) is 4.31 Å². The number of hydrogen-bond acceptors (Lipinski definition) is 4. The summed E-state index contributed by atoms with van der Waals surface area (Å²) in [5, 5.41) is 6.75. The Morgan fingerprint density at radius 3 is 2.70 bits per heavy atom. The van der Waals surface area contributed by atoms with Crippen molar-refractivity contribution in [1.82, 2.24) is 14.5 Å². The summed E-state index contributed by atoms with van der Waals surface area (Å²) < 4.78 is 33.1. The summed E-state index contributed by atoms with van der Waals surface area (Å²) in [6.07, 6.45) is 0.573. The van der Waals surface area contributed by atoms with Crippen LogP contribution in [0.2, 0.25) is 0 Å². The SMILES string of the molecule is Cc1n[nH]c(C)c1S(=O)(=O)N1CCOC(Cc2ccccc2)C1. The van der Waals surface area contributed by atoms with Gasteiger partial charge < -0.3 is 4.74 Å². The van der Waals surface area contributed by atoms with Crippen molar-refractivity contribution in [2.45, 2.75) is 31.3 Å². The summed E-state index contributed by atoms with van der Waals surface area (Å²) in [6, 6.07) is 9.98. The number of nitrogens with one attached hydrogen (secondary N) is 1. The van der Waals surface area contributed by atoms with E-state index in [-0.39, 0.29) is 11.0 Å². The maximum absolute atomic E-state index is 12.9. The van der Waals surface area contributed by atoms with Crippen LogP contribution in [0.3, 0.4) is 0 Å². The molecule has 1 aliphatic heterocycles. The highest BCUT2D eigenvalue weighted by atomic mass is 32.2. The van der Waals surface area contributed by atoms with Gasteiger partial charge in [0.1, 0.15) is 4.90 Å². The van der Waals surface area contributed by atoms with Gasteiger partial charge in [-0.15, -0.1) is 0 Å². The first kappa shape index (κ1) is 16.2. The quantitative estimate of drug-likeness (QED) is 0.922. The molecule has 0 amide bonds. The lowest BCUT2D eigenvalue weighted by Crippen LogP contribution is -2.46. The van der Waals surface area contributed by atoms with E-state index in [1.54, 1.807) is 13.8 Å². The van der Waals surface area contributed by atoms with E-state index >= 15 is 0 Å². The minimum absolute atomic E-state index is 0.131. The van der Waals surface area contributed by atoms with Crippen LogP contribution in [-0.2, 0) is 21.2 Å². The maximum Gasteiger partial charge on any atom is 0.246 e. The average Bonchev–Trinajstić information content (AvgIpc) is 2.88. The highest BCUT2D eigenvalue weighted by Gasteiger charge is 2.33. The largest absolute Gasteiger partial charge is 0.375 e. The van der Waals surface area contributed by atoms with Crippen LogP contribution in [0.4, 0.5) is 0 Å².